The Morgan fingerprint density at radius 1 is 0.882 bits per heavy atom. The molecule has 0 radical (unpaired) electrons. The number of para-hydroxylation sites is 1. The number of nitrogens with two attached hydrogens (primary N) is 1. The van der Waals surface area contributed by atoms with Gasteiger partial charge in [-0.1, -0.05) is 42.5 Å². The molecule has 2 aromatic rings. The Kier molecular flexibility index (Phi) is 3.78. The van der Waals surface area contributed by atoms with E-state index in [0.29, 0.717) is 6.54 Å². The monoisotopic (exact) mass is 226 g/mol. The fourth-order valence-corrected chi connectivity index (χ4v) is 1.83. The third-order valence-electron chi connectivity index (χ3n) is 2.88. The molecule has 17 heavy (non-hydrogen) atoms. The van der Waals surface area contributed by atoms with Crippen LogP contribution in [0, 0.1) is 0 Å². The summed E-state index contributed by atoms with van der Waals surface area (Å²) in [4.78, 5) is 2.23. The standard InChI is InChI=1S/C15H18N2/c1-17(15-5-3-2-4-6-15)12-14-9-7-13(11-16)8-10-14/h2-10H,11-12,16H2,1H3. The Labute approximate surface area is 103 Å². The van der Waals surface area contributed by atoms with Crippen LogP contribution in [0.3, 0.4) is 0 Å². The van der Waals surface area contributed by atoms with Gasteiger partial charge in [0.25, 0.3) is 0 Å². The van der Waals surface area contributed by atoms with E-state index in [2.05, 4.69) is 60.5 Å². The highest BCUT2D eigenvalue weighted by Gasteiger charge is 2.01. The maximum atomic E-state index is 5.58. The zero-order chi connectivity index (χ0) is 12.1. The topological polar surface area (TPSA) is 29.3 Å². The lowest BCUT2D eigenvalue weighted by atomic mass is 10.1. The van der Waals surface area contributed by atoms with Gasteiger partial charge >= 0.3 is 0 Å². The van der Waals surface area contributed by atoms with E-state index in [1.807, 2.05) is 6.07 Å². The highest BCUT2D eigenvalue weighted by molar-refractivity contribution is 5.45. The van der Waals surface area contributed by atoms with Gasteiger partial charge in [-0.05, 0) is 23.3 Å². The van der Waals surface area contributed by atoms with Crippen molar-refractivity contribution in [3.63, 3.8) is 0 Å². The molecule has 0 fully saturated rings. The molecule has 0 saturated carbocycles. The summed E-state index contributed by atoms with van der Waals surface area (Å²) in [6.45, 7) is 1.52. The summed E-state index contributed by atoms with van der Waals surface area (Å²) >= 11 is 0. The molecule has 0 aliphatic carbocycles. The Morgan fingerprint density at radius 2 is 1.47 bits per heavy atom. The molecule has 0 bridgehead atoms. The number of nitrogens with zero attached hydrogens (tertiary/aromatic N) is 1. The summed E-state index contributed by atoms with van der Waals surface area (Å²) in [5.74, 6) is 0. The van der Waals surface area contributed by atoms with Crippen molar-refractivity contribution in [1.29, 1.82) is 0 Å². The van der Waals surface area contributed by atoms with Crippen LogP contribution in [-0.4, -0.2) is 7.05 Å². The molecule has 0 aromatic heterocycles. The first kappa shape index (κ1) is 11.7. The Morgan fingerprint density at radius 3 is 2.06 bits per heavy atom. The summed E-state index contributed by atoms with van der Waals surface area (Å²) < 4.78 is 0. The van der Waals surface area contributed by atoms with E-state index < -0.39 is 0 Å². The van der Waals surface area contributed by atoms with E-state index in [1.165, 1.54) is 16.8 Å². The smallest absolute Gasteiger partial charge is 0.0426 e. The van der Waals surface area contributed by atoms with Gasteiger partial charge in [-0.25, -0.2) is 0 Å². The second-order valence-corrected chi connectivity index (χ2v) is 4.21. The molecule has 88 valence electrons. The van der Waals surface area contributed by atoms with Crippen molar-refractivity contribution < 1.29 is 0 Å². The molecule has 0 aliphatic heterocycles. The van der Waals surface area contributed by atoms with Crippen molar-refractivity contribution in [2.75, 3.05) is 11.9 Å². The molecular weight excluding hydrogens is 208 g/mol. The summed E-state index contributed by atoms with van der Waals surface area (Å²) in [7, 11) is 2.10. The third kappa shape index (κ3) is 3.08. The number of hydrogen-bond donors (Lipinski definition) is 1. The lowest BCUT2D eigenvalue weighted by Crippen LogP contribution is -2.16. The number of anilines is 1. The molecule has 0 heterocycles. The van der Waals surface area contributed by atoms with Crippen LogP contribution in [0.25, 0.3) is 0 Å². The van der Waals surface area contributed by atoms with Gasteiger partial charge in [-0.2, -0.15) is 0 Å². The largest absolute Gasteiger partial charge is 0.370 e. The molecule has 0 spiro atoms. The average molecular weight is 226 g/mol. The van der Waals surface area contributed by atoms with Crippen LogP contribution in [0.2, 0.25) is 0 Å². The molecule has 2 heteroatoms. The van der Waals surface area contributed by atoms with Gasteiger partial charge in [0, 0.05) is 25.8 Å². The zero-order valence-corrected chi connectivity index (χ0v) is 10.1. The zero-order valence-electron chi connectivity index (χ0n) is 10.1. The summed E-state index contributed by atoms with van der Waals surface area (Å²) in [5, 5.41) is 0. The highest BCUT2D eigenvalue weighted by atomic mass is 15.1. The predicted octanol–water partition coefficient (Wildman–Crippen LogP) is 2.78. The summed E-state index contributed by atoms with van der Waals surface area (Å²) in [5.41, 5.74) is 9.29. The quantitative estimate of drug-likeness (QED) is 0.868. The van der Waals surface area contributed by atoms with Crippen molar-refractivity contribution in [3.05, 3.63) is 65.7 Å². The van der Waals surface area contributed by atoms with Gasteiger partial charge in [-0.15, -0.1) is 0 Å². The van der Waals surface area contributed by atoms with Crippen LogP contribution in [0.15, 0.2) is 54.6 Å². The van der Waals surface area contributed by atoms with Crippen LogP contribution in [0.5, 0.6) is 0 Å². The molecule has 0 saturated heterocycles. The van der Waals surface area contributed by atoms with E-state index in [9.17, 15) is 0 Å². The first-order valence-corrected chi connectivity index (χ1v) is 5.83. The number of hydrogen-bond acceptors (Lipinski definition) is 2. The van der Waals surface area contributed by atoms with Crippen molar-refractivity contribution >= 4 is 5.69 Å². The van der Waals surface area contributed by atoms with Crippen LogP contribution >= 0.6 is 0 Å². The van der Waals surface area contributed by atoms with Crippen molar-refractivity contribution in [3.8, 4) is 0 Å². The number of rotatable bonds is 4. The minimum Gasteiger partial charge on any atom is -0.370 e. The highest BCUT2D eigenvalue weighted by Crippen LogP contribution is 2.14. The SMILES string of the molecule is CN(Cc1ccc(CN)cc1)c1ccccc1. The molecule has 0 aliphatic rings. The van der Waals surface area contributed by atoms with Crippen molar-refractivity contribution in [2.45, 2.75) is 13.1 Å². The fourth-order valence-electron chi connectivity index (χ4n) is 1.83. The molecule has 0 atom stereocenters. The average Bonchev–Trinajstić information content (AvgIpc) is 2.40. The maximum absolute atomic E-state index is 5.58. The van der Waals surface area contributed by atoms with E-state index in [0.717, 1.165) is 6.54 Å². The lowest BCUT2D eigenvalue weighted by Gasteiger charge is -2.19. The molecular formula is C15H18N2. The second kappa shape index (κ2) is 5.51. The van der Waals surface area contributed by atoms with Gasteiger partial charge in [0.15, 0.2) is 0 Å². The fraction of sp³-hybridized carbons (Fsp3) is 0.200. The Bertz CT molecular complexity index is 448. The molecule has 0 unspecified atom stereocenters. The van der Waals surface area contributed by atoms with Crippen molar-refractivity contribution in [1.82, 2.24) is 0 Å². The minimum atomic E-state index is 0.606. The maximum Gasteiger partial charge on any atom is 0.0426 e. The molecule has 2 N–H and O–H groups in total. The van der Waals surface area contributed by atoms with Gasteiger partial charge in [0.1, 0.15) is 0 Å². The first-order chi connectivity index (χ1) is 8.29. The van der Waals surface area contributed by atoms with Crippen LogP contribution in [0.1, 0.15) is 11.1 Å². The van der Waals surface area contributed by atoms with Crippen LogP contribution < -0.4 is 10.6 Å². The van der Waals surface area contributed by atoms with Crippen molar-refractivity contribution in [2.24, 2.45) is 5.73 Å². The lowest BCUT2D eigenvalue weighted by molar-refractivity contribution is 0.920. The minimum absolute atomic E-state index is 0.606. The Balaban J connectivity index is 2.05. The summed E-state index contributed by atoms with van der Waals surface area (Å²) in [6, 6.07) is 18.9. The Hall–Kier alpha value is -1.80. The molecule has 2 rings (SSSR count). The summed E-state index contributed by atoms with van der Waals surface area (Å²) in [6.07, 6.45) is 0. The first-order valence-electron chi connectivity index (χ1n) is 5.83. The van der Waals surface area contributed by atoms with Gasteiger partial charge in [0.05, 0.1) is 0 Å². The van der Waals surface area contributed by atoms with Gasteiger partial charge in [0.2, 0.25) is 0 Å². The third-order valence-corrected chi connectivity index (χ3v) is 2.88. The molecule has 2 nitrogen and oxygen atoms in total. The molecule has 2 aromatic carbocycles. The van der Waals surface area contributed by atoms with Gasteiger partial charge < -0.3 is 10.6 Å². The van der Waals surface area contributed by atoms with Gasteiger partial charge in [-0.3, -0.25) is 0 Å². The molecule has 0 amide bonds. The van der Waals surface area contributed by atoms with E-state index in [-0.39, 0.29) is 0 Å². The normalized spacial score (nSPS) is 10.2. The number of benzene rings is 2. The second-order valence-electron chi connectivity index (χ2n) is 4.21. The predicted molar refractivity (Wildman–Crippen MR) is 72.9 cm³/mol. The van der Waals surface area contributed by atoms with E-state index in [1.54, 1.807) is 0 Å². The van der Waals surface area contributed by atoms with Crippen LogP contribution in [0.4, 0.5) is 5.69 Å². The van der Waals surface area contributed by atoms with E-state index in [4.69, 9.17) is 5.73 Å². The van der Waals surface area contributed by atoms with Crippen LogP contribution in [-0.2, 0) is 13.1 Å². The van der Waals surface area contributed by atoms with E-state index >= 15 is 0 Å².